The minimum atomic E-state index is -0.330. The van der Waals surface area contributed by atoms with Gasteiger partial charge >= 0.3 is 0 Å². The van der Waals surface area contributed by atoms with Gasteiger partial charge in [0.15, 0.2) is 5.76 Å². The van der Waals surface area contributed by atoms with Crippen LogP contribution in [-0.4, -0.2) is 22.2 Å². The zero-order valence-corrected chi connectivity index (χ0v) is 14.2. The number of nitrogens with zero attached hydrogens (tertiary/aromatic N) is 3. The third kappa shape index (κ3) is 3.68. The predicted molar refractivity (Wildman–Crippen MR) is 95.4 cm³/mol. The Bertz CT molecular complexity index is 929. The van der Waals surface area contributed by atoms with E-state index in [1.165, 1.54) is 17.0 Å². The van der Waals surface area contributed by atoms with Gasteiger partial charge in [-0.25, -0.2) is 4.68 Å². The van der Waals surface area contributed by atoms with Crippen molar-refractivity contribution < 1.29 is 9.21 Å². The van der Waals surface area contributed by atoms with Gasteiger partial charge in [-0.1, -0.05) is 12.1 Å². The maximum atomic E-state index is 12.7. The standard InChI is InChI=1S/C19H19N3O3/c1-3-21(15-7-4-6-14(2)12-15)19(24)13-22-18(23)10-9-16(20-22)17-8-5-11-25-17/h4-12H,3,13H2,1-2H3. The van der Waals surface area contributed by atoms with Gasteiger partial charge in [0.2, 0.25) is 5.91 Å². The fourth-order valence-electron chi connectivity index (χ4n) is 2.63. The van der Waals surface area contributed by atoms with Crippen LogP contribution in [0.5, 0.6) is 0 Å². The first-order chi connectivity index (χ1) is 12.1. The van der Waals surface area contributed by atoms with Crippen LogP contribution < -0.4 is 10.5 Å². The molecule has 0 atom stereocenters. The highest BCUT2D eigenvalue weighted by molar-refractivity contribution is 5.93. The molecule has 2 heterocycles. The molecule has 3 aromatic rings. The van der Waals surface area contributed by atoms with Gasteiger partial charge < -0.3 is 9.32 Å². The van der Waals surface area contributed by atoms with Crippen molar-refractivity contribution in [2.24, 2.45) is 0 Å². The van der Waals surface area contributed by atoms with E-state index in [1.807, 2.05) is 38.1 Å². The summed E-state index contributed by atoms with van der Waals surface area (Å²) in [6.07, 6.45) is 1.54. The highest BCUT2D eigenvalue weighted by Gasteiger charge is 2.16. The molecule has 6 nitrogen and oxygen atoms in total. The molecule has 0 saturated carbocycles. The quantitative estimate of drug-likeness (QED) is 0.718. The molecule has 0 bridgehead atoms. The molecule has 0 spiro atoms. The minimum Gasteiger partial charge on any atom is -0.463 e. The number of likely N-dealkylation sites (N-methyl/N-ethyl adjacent to an activating group) is 1. The van der Waals surface area contributed by atoms with Gasteiger partial charge in [-0.2, -0.15) is 5.10 Å². The van der Waals surface area contributed by atoms with Crippen molar-refractivity contribution in [1.82, 2.24) is 9.78 Å². The Morgan fingerprint density at radius 1 is 1.20 bits per heavy atom. The van der Waals surface area contributed by atoms with Crippen molar-refractivity contribution in [3.8, 4) is 11.5 Å². The minimum absolute atomic E-state index is 0.130. The molecule has 0 aliphatic rings. The van der Waals surface area contributed by atoms with Crippen molar-refractivity contribution in [1.29, 1.82) is 0 Å². The average molecular weight is 337 g/mol. The summed E-state index contributed by atoms with van der Waals surface area (Å²) in [4.78, 5) is 26.4. The summed E-state index contributed by atoms with van der Waals surface area (Å²) in [5.74, 6) is 0.353. The lowest BCUT2D eigenvalue weighted by molar-refractivity contribution is -0.119. The Kier molecular flexibility index (Phi) is 4.79. The van der Waals surface area contributed by atoms with Crippen LogP contribution in [0, 0.1) is 6.92 Å². The van der Waals surface area contributed by atoms with Gasteiger partial charge in [-0.15, -0.1) is 0 Å². The van der Waals surface area contributed by atoms with Gasteiger partial charge in [0.05, 0.1) is 6.26 Å². The van der Waals surface area contributed by atoms with Crippen molar-refractivity contribution in [2.75, 3.05) is 11.4 Å². The highest BCUT2D eigenvalue weighted by Crippen LogP contribution is 2.17. The summed E-state index contributed by atoms with van der Waals surface area (Å²) >= 11 is 0. The second kappa shape index (κ2) is 7.17. The zero-order chi connectivity index (χ0) is 17.8. The second-order valence-electron chi connectivity index (χ2n) is 5.67. The molecule has 2 aromatic heterocycles. The van der Waals surface area contributed by atoms with Crippen molar-refractivity contribution >= 4 is 11.6 Å². The van der Waals surface area contributed by atoms with Crippen molar-refractivity contribution in [3.63, 3.8) is 0 Å². The third-order valence-corrected chi connectivity index (χ3v) is 3.86. The summed E-state index contributed by atoms with van der Waals surface area (Å²) < 4.78 is 6.46. The van der Waals surface area contributed by atoms with Crippen LogP contribution in [0.2, 0.25) is 0 Å². The Morgan fingerprint density at radius 3 is 2.72 bits per heavy atom. The second-order valence-corrected chi connectivity index (χ2v) is 5.67. The Labute approximate surface area is 145 Å². The van der Waals surface area contributed by atoms with E-state index < -0.39 is 0 Å². The molecule has 25 heavy (non-hydrogen) atoms. The number of aromatic nitrogens is 2. The SMILES string of the molecule is CCN(C(=O)Cn1nc(-c2ccco2)ccc1=O)c1cccc(C)c1. The fraction of sp³-hybridized carbons (Fsp3) is 0.211. The van der Waals surface area contributed by atoms with Gasteiger partial charge in [0, 0.05) is 18.3 Å². The number of carbonyl (C=O) groups is 1. The normalized spacial score (nSPS) is 10.6. The molecular formula is C19H19N3O3. The summed E-state index contributed by atoms with van der Waals surface area (Å²) in [5.41, 5.74) is 2.06. The van der Waals surface area contributed by atoms with Crippen LogP contribution in [0.1, 0.15) is 12.5 Å². The first-order valence-electron chi connectivity index (χ1n) is 8.07. The number of aryl methyl sites for hydroxylation is 1. The highest BCUT2D eigenvalue weighted by atomic mass is 16.3. The Balaban J connectivity index is 1.87. The lowest BCUT2D eigenvalue weighted by atomic mass is 10.2. The first kappa shape index (κ1) is 16.7. The third-order valence-electron chi connectivity index (χ3n) is 3.86. The summed E-state index contributed by atoms with van der Waals surface area (Å²) in [6.45, 7) is 4.25. The molecular weight excluding hydrogens is 318 g/mol. The van der Waals surface area contributed by atoms with Crippen LogP contribution in [0.15, 0.2) is 64.0 Å². The molecule has 1 amide bonds. The van der Waals surface area contributed by atoms with Crippen LogP contribution in [0.4, 0.5) is 5.69 Å². The van der Waals surface area contributed by atoms with Crippen LogP contribution in [0.25, 0.3) is 11.5 Å². The van der Waals surface area contributed by atoms with Crippen LogP contribution in [0.3, 0.4) is 0 Å². The van der Waals surface area contributed by atoms with Gasteiger partial charge in [-0.05, 0) is 49.7 Å². The number of hydrogen-bond donors (Lipinski definition) is 0. The molecule has 0 N–H and O–H groups in total. The van der Waals surface area contributed by atoms with E-state index in [2.05, 4.69) is 5.10 Å². The first-order valence-corrected chi connectivity index (χ1v) is 8.07. The van der Waals surface area contributed by atoms with E-state index in [9.17, 15) is 9.59 Å². The molecule has 0 unspecified atom stereocenters. The fourth-order valence-corrected chi connectivity index (χ4v) is 2.63. The van der Waals surface area contributed by atoms with E-state index >= 15 is 0 Å². The molecule has 0 aliphatic heterocycles. The number of hydrogen-bond acceptors (Lipinski definition) is 4. The Hall–Kier alpha value is -3.15. The number of carbonyl (C=O) groups excluding carboxylic acids is 1. The molecule has 128 valence electrons. The van der Waals surface area contributed by atoms with Crippen LogP contribution in [-0.2, 0) is 11.3 Å². The van der Waals surface area contributed by atoms with Crippen LogP contribution >= 0.6 is 0 Å². The number of rotatable bonds is 5. The molecule has 0 aliphatic carbocycles. The maximum absolute atomic E-state index is 12.7. The van der Waals surface area contributed by atoms with E-state index in [4.69, 9.17) is 4.42 Å². The average Bonchev–Trinajstić information content (AvgIpc) is 3.12. The van der Waals surface area contributed by atoms with E-state index in [0.717, 1.165) is 11.3 Å². The molecule has 0 saturated heterocycles. The molecule has 0 radical (unpaired) electrons. The number of furan rings is 1. The molecule has 6 heteroatoms. The number of anilines is 1. The summed E-state index contributed by atoms with van der Waals surface area (Å²) in [5, 5.41) is 4.25. The van der Waals surface area contributed by atoms with E-state index in [1.54, 1.807) is 23.1 Å². The topological polar surface area (TPSA) is 68.3 Å². The summed E-state index contributed by atoms with van der Waals surface area (Å²) in [7, 11) is 0. The van der Waals surface area contributed by atoms with E-state index in [0.29, 0.717) is 18.0 Å². The monoisotopic (exact) mass is 337 g/mol. The predicted octanol–water partition coefficient (Wildman–Crippen LogP) is 2.86. The summed E-state index contributed by atoms with van der Waals surface area (Å²) in [6, 6.07) is 14.2. The maximum Gasteiger partial charge on any atom is 0.267 e. The largest absolute Gasteiger partial charge is 0.463 e. The molecule has 1 aromatic carbocycles. The molecule has 0 fully saturated rings. The number of amides is 1. The van der Waals surface area contributed by atoms with Gasteiger partial charge in [0.1, 0.15) is 12.2 Å². The van der Waals surface area contributed by atoms with Crippen molar-refractivity contribution in [2.45, 2.75) is 20.4 Å². The lowest BCUT2D eigenvalue weighted by Gasteiger charge is -2.21. The molecule has 3 rings (SSSR count). The number of benzene rings is 1. The Morgan fingerprint density at radius 2 is 2.04 bits per heavy atom. The zero-order valence-electron chi connectivity index (χ0n) is 14.2. The van der Waals surface area contributed by atoms with Gasteiger partial charge in [-0.3, -0.25) is 9.59 Å². The van der Waals surface area contributed by atoms with Gasteiger partial charge in [0.25, 0.3) is 5.56 Å². The lowest BCUT2D eigenvalue weighted by Crippen LogP contribution is -2.37. The van der Waals surface area contributed by atoms with Crippen molar-refractivity contribution in [3.05, 3.63) is 70.7 Å². The van der Waals surface area contributed by atoms with E-state index in [-0.39, 0.29) is 18.0 Å². The smallest absolute Gasteiger partial charge is 0.267 e.